The van der Waals surface area contributed by atoms with Crippen molar-refractivity contribution in [1.82, 2.24) is 9.78 Å². The molecule has 0 saturated carbocycles. The first-order chi connectivity index (χ1) is 9.82. The van der Waals surface area contributed by atoms with Gasteiger partial charge in [0, 0.05) is 18.9 Å². The fraction of sp³-hybridized carbons (Fsp3) is 0.250. The fourth-order valence-corrected chi connectivity index (χ4v) is 2.65. The molecule has 5 nitrogen and oxygen atoms in total. The van der Waals surface area contributed by atoms with Crippen LogP contribution in [0.1, 0.15) is 0 Å². The van der Waals surface area contributed by atoms with Crippen LogP contribution in [0.2, 0.25) is 0 Å². The molecule has 0 atom stereocenters. The Morgan fingerprint density at radius 3 is 2.52 bits per heavy atom. The zero-order valence-electron chi connectivity index (χ0n) is 10.7. The topological polar surface area (TPSA) is 64.0 Å². The number of benzene rings is 1. The molecule has 0 spiro atoms. The van der Waals surface area contributed by atoms with Crippen molar-refractivity contribution in [2.75, 3.05) is 11.9 Å². The molecule has 2 aromatic rings. The molecule has 1 heterocycles. The van der Waals surface area contributed by atoms with Gasteiger partial charge in [0.05, 0.1) is 17.1 Å². The molecule has 0 aliphatic rings. The van der Waals surface area contributed by atoms with Gasteiger partial charge in [-0.1, -0.05) is 12.1 Å². The molecule has 2 rings (SSSR count). The summed E-state index contributed by atoms with van der Waals surface area (Å²) in [5.74, 6) is 0. The van der Waals surface area contributed by atoms with E-state index in [4.69, 9.17) is 0 Å². The van der Waals surface area contributed by atoms with E-state index in [-0.39, 0.29) is 12.2 Å². The molecule has 1 N–H and O–H groups in total. The summed E-state index contributed by atoms with van der Waals surface area (Å²) in [6, 6.07) is 6.64. The van der Waals surface area contributed by atoms with Crippen molar-refractivity contribution in [2.45, 2.75) is 16.9 Å². The lowest BCUT2D eigenvalue weighted by atomic mass is 10.3. The van der Waals surface area contributed by atoms with Crippen LogP contribution in [0.15, 0.2) is 47.6 Å². The summed E-state index contributed by atoms with van der Waals surface area (Å²) >= 11 is 0. The normalized spacial score (nSPS) is 12.3. The Labute approximate surface area is 119 Å². The highest BCUT2D eigenvalue weighted by atomic mass is 32.2. The van der Waals surface area contributed by atoms with Crippen molar-refractivity contribution >= 4 is 15.5 Å². The number of nitrogens with one attached hydrogen (secondary N) is 1. The molecule has 0 fully saturated rings. The van der Waals surface area contributed by atoms with Gasteiger partial charge in [-0.15, -0.1) is 0 Å². The minimum absolute atomic E-state index is 0.0815. The minimum Gasteiger partial charge on any atom is -0.382 e. The molecule has 0 saturated heterocycles. The largest absolute Gasteiger partial charge is 0.501 e. The van der Waals surface area contributed by atoms with E-state index in [1.165, 1.54) is 18.2 Å². The average Bonchev–Trinajstić information content (AvgIpc) is 2.91. The smallest absolute Gasteiger partial charge is 0.382 e. The Morgan fingerprint density at radius 1 is 1.19 bits per heavy atom. The molecule has 0 radical (unpaired) electrons. The summed E-state index contributed by atoms with van der Waals surface area (Å²) in [7, 11) is -5.38. The Kier molecular flexibility index (Phi) is 4.21. The standard InChI is InChI=1S/C12H12F3N3O2S/c13-12(14,15)21(19,20)11-5-2-1-4-10(11)16-7-9-18-8-3-6-17-18/h1-6,8,16H,7,9H2. The molecule has 21 heavy (non-hydrogen) atoms. The first-order valence-electron chi connectivity index (χ1n) is 5.94. The molecule has 114 valence electrons. The third-order valence-corrected chi connectivity index (χ3v) is 4.24. The van der Waals surface area contributed by atoms with Gasteiger partial charge in [-0.05, 0) is 18.2 Å². The van der Waals surface area contributed by atoms with Gasteiger partial charge in [0.25, 0.3) is 9.84 Å². The first kappa shape index (κ1) is 15.4. The summed E-state index contributed by atoms with van der Waals surface area (Å²) in [5, 5.41) is 6.63. The fourth-order valence-electron chi connectivity index (χ4n) is 1.71. The van der Waals surface area contributed by atoms with Gasteiger partial charge in [0.15, 0.2) is 0 Å². The molecule has 0 unspecified atom stereocenters. The zero-order valence-corrected chi connectivity index (χ0v) is 11.5. The van der Waals surface area contributed by atoms with Crippen LogP contribution >= 0.6 is 0 Å². The number of aromatic nitrogens is 2. The van der Waals surface area contributed by atoms with Gasteiger partial charge < -0.3 is 5.32 Å². The van der Waals surface area contributed by atoms with Crippen molar-refractivity contribution in [1.29, 1.82) is 0 Å². The molecular formula is C12H12F3N3O2S. The number of para-hydroxylation sites is 1. The summed E-state index contributed by atoms with van der Waals surface area (Å²) < 4.78 is 62.4. The third-order valence-electron chi connectivity index (χ3n) is 2.70. The average molecular weight is 319 g/mol. The lowest BCUT2D eigenvalue weighted by Crippen LogP contribution is -2.24. The van der Waals surface area contributed by atoms with Gasteiger partial charge in [-0.25, -0.2) is 8.42 Å². The van der Waals surface area contributed by atoms with E-state index >= 15 is 0 Å². The summed E-state index contributed by atoms with van der Waals surface area (Å²) in [6.45, 7) is 0.638. The summed E-state index contributed by atoms with van der Waals surface area (Å²) in [6.07, 6.45) is 3.27. The Morgan fingerprint density at radius 2 is 1.90 bits per heavy atom. The maximum Gasteiger partial charge on any atom is 0.501 e. The van der Waals surface area contributed by atoms with E-state index in [2.05, 4.69) is 10.4 Å². The van der Waals surface area contributed by atoms with Crippen LogP contribution < -0.4 is 5.32 Å². The van der Waals surface area contributed by atoms with Crippen molar-refractivity contribution in [3.63, 3.8) is 0 Å². The number of anilines is 1. The van der Waals surface area contributed by atoms with Gasteiger partial charge in [-0.2, -0.15) is 18.3 Å². The molecule has 0 amide bonds. The predicted molar refractivity (Wildman–Crippen MR) is 70.4 cm³/mol. The predicted octanol–water partition coefficient (Wildman–Crippen LogP) is 2.29. The molecule has 0 aliphatic heterocycles. The highest BCUT2D eigenvalue weighted by Gasteiger charge is 2.47. The Hall–Kier alpha value is -2.03. The zero-order chi connectivity index (χ0) is 15.5. The van der Waals surface area contributed by atoms with Crippen LogP contribution in [0.4, 0.5) is 18.9 Å². The van der Waals surface area contributed by atoms with Crippen molar-refractivity contribution < 1.29 is 21.6 Å². The number of rotatable bonds is 5. The SMILES string of the molecule is O=S(=O)(c1ccccc1NCCn1cccn1)C(F)(F)F. The van der Waals surface area contributed by atoms with Crippen LogP contribution in [0.5, 0.6) is 0 Å². The lowest BCUT2D eigenvalue weighted by Gasteiger charge is -2.14. The molecule has 9 heteroatoms. The van der Waals surface area contributed by atoms with Crippen molar-refractivity contribution in [2.24, 2.45) is 0 Å². The molecule has 1 aromatic heterocycles. The maximum atomic E-state index is 12.6. The van der Waals surface area contributed by atoms with Gasteiger partial charge in [-0.3, -0.25) is 4.68 Å². The highest BCUT2D eigenvalue weighted by molar-refractivity contribution is 7.92. The van der Waals surface area contributed by atoms with Crippen LogP contribution in [0.3, 0.4) is 0 Å². The summed E-state index contributed by atoms with van der Waals surface area (Å²) in [4.78, 5) is -0.780. The van der Waals surface area contributed by atoms with Gasteiger partial charge in [0.1, 0.15) is 0 Å². The monoisotopic (exact) mass is 319 g/mol. The van der Waals surface area contributed by atoms with Gasteiger partial charge in [0.2, 0.25) is 0 Å². The lowest BCUT2D eigenvalue weighted by molar-refractivity contribution is -0.0435. The first-order valence-corrected chi connectivity index (χ1v) is 7.42. The third kappa shape index (κ3) is 3.35. The minimum atomic E-state index is -5.38. The second-order valence-corrected chi connectivity index (χ2v) is 6.05. The number of nitrogens with zero attached hydrogens (tertiary/aromatic N) is 2. The maximum absolute atomic E-state index is 12.6. The number of sulfone groups is 1. The van der Waals surface area contributed by atoms with Crippen molar-refractivity contribution in [3.05, 3.63) is 42.7 Å². The van der Waals surface area contributed by atoms with E-state index in [1.807, 2.05) is 0 Å². The van der Waals surface area contributed by atoms with Crippen molar-refractivity contribution in [3.8, 4) is 0 Å². The van der Waals surface area contributed by atoms with E-state index in [0.717, 1.165) is 6.07 Å². The van der Waals surface area contributed by atoms with E-state index in [0.29, 0.717) is 6.54 Å². The second-order valence-electron chi connectivity index (χ2n) is 4.14. The Bertz CT molecular complexity index is 697. The highest BCUT2D eigenvalue weighted by Crippen LogP contribution is 2.34. The molecule has 0 aliphatic carbocycles. The molecular weight excluding hydrogens is 307 g/mol. The van der Waals surface area contributed by atoms with E-state index in [9.17, 15) is 21.6 Å². The molecule has 0 bridgehead atoms. The van der Waals surface area contributed by atoms with Gasteiger partial charge >= 0.3 is 5.51 Å². The summed E-state index contributed by atoms with van der Waals surface area (Å²) in [5.41, 5.74) is -5.41. The Balaban J connectivity index is 2.18. The number of hydrogen-bond acceptors (Lipinski definition) is 4. The van der Waals surface area contributed by atoms with Crippen LogP contribution in [0, 0.1) is 0 Å². The second kappa shape index (κ2) is 5.76. The van der Waals surface area contributed by atoms with Crippen LogP contribution in [-0.2, 0) is 16.4 Å². The number of hydrogen-bond donors (Lipinski definition) is 1. The quantitative estimate of drug-likeness (QED) is 0.918. The van der Waals surface area contributed by atoms with Crippen LogP contribution in [-0.4, -0.2) is 30.3 Å². The molecule has 1 aromatic carbocycles. The number of alkyl halides is 3. The van der Waals surface area contributed by atoms with E-state index in [1.54, 1.807) is 23.1 Å². The van der Waals surface area contributed by atoms with Crippen LogP contribution in [0.25, 0.3) is 0 Å². The van der Waals surface area contributed by atoms with E-state index < -0.39 is 20.2 Å². The number of halogens is 3.